The van der Waals surface area contributed by atoms with Crippen LogP contribution in [0.15, 0.2) is 0 Å². The quantitative estimate of drug-likeness (QED) is 0.444. The minimum absolute atomic E-state index is 0. The van der Waals surface area contributed by atoms with Crippen molar-refractivity contribution >= 4 is 21.1 Å². The molecule has 0 spiro atoms. The van der Waals surface area contributed by atoms with E-state index in [9.17, 15) is 0 Å². The molecule has 0 aliphatic rings. The molecule has 0 atom stereocenters. The van der Waals surface area contributed by atoms with E-state index in [0.29, 0.717) is 0 Å². The van der Waals surface area contributed by atoms with Gasteiger partial charge in [0.25, 0.3) is 0 Å². The molecule has 0 heterocycles. The number of hydrogen-bond acceptors (Lipinski definition) is 0. The van der Waals surface area contributed by atoms with Gasteiger partial charge in [0.15, 0.2) is 0 Å². The van der Waals surface area contributed by atoms with Crippen LogP contribution < -0.4 is 34.0 Å². The topological polar surface area (TPSA) is 0 Å². The van der Waals surface area contributed by atoms with Crippen LogP contribution in [0.3, 0.4) is 0 Å². The Hall–Kier alpha value is 1.76. The Bertz CT molecular complexity index is 40.3. The molecule has 0 aliphatic heterocycles. The molecule has 0 rings (SSSR count). The molecular formula is C6H14Br2Sn. The van der Waals surface area contributed by atoms with Crippen molar-refractivity contribution in [1.82, 2.24) is 0 Å². The van der Waals surface area contributed by atoms with Gasteiger partial charge in [-0.1, -0.05) is 0 Å². The van der Waals surface area contributed by atoms with E-state index in [1.807, 2.05) is 0 Å². The third-order valence-corrected chi connectivity index (χ3v) is 4.47. The molecule has 0 nitrogen and oxygen atoms in total. The van der Waals surface area contributed by atoms with Gasteiger partial charge in [0, 0.05) is 0 Å². The van der Waals surface area contributed by atoms with E-state index in [1.165, 1.54) is 0 Å². The Morgan fingerprint density at radius 1 is 0.778 bits per heavy atom. The van der Waals surface area contributed by atoms with Crippen molar-refractivity contribution in [2.75, 3.05) is 0 Å². The number of rotatable bonds is 2. The summed E-state index contributed by atoms with van der Waals surface area (Å²) in [6.07, 6.45) is 0. The van der Waals surface area contributed by atoms with Gasteiger partial charge in [0.1, 0.15) is 0 Å². The first-order valence-corrected chi connectivity index (χ1v) is 6.18. The van der Waals surface area contributed by atoms with E-state index in [0.717, 1.165) is 7.87 Å². The Morgan fingerprint density at radius 3 is 1.00 bits per heavy atom. The van der Waals surface area contributed by atoms with Crippen molar-refractivity contribution in [2.24, 2.45) is 0 Å². The van der Waals surface area contributed by atoms with Crippen LogP contribution in [0, 0.1) is 0 Å². The molecule has 0 amide bonds. The SMILES string of the molecule is C[CH](C)[Sn+2][CH](C)C.[Br-].[Br-]. The molecule has 9 heavy (non-hydrogen) atoms. The predicted octanol–water partition coefficient (Wildman–Crippen LogP) is -3.64. The van der Waals surface area contributed by atoms with Crippen LogP contribution in [-0.2, 0) is 0 Å². The molecule has 0 bridgehead atoms. The van der Waals surface area contributed by atoms with Gasteiger partial charge in [-0.2, -0.15) is 0 Å². The second-order valence-electron chi connectivity index (χ2n) is 2.48. The van der Waals surface area contributed by atoms with Crippen LogP contribution in [0.2, 0.25) is 7.87 Å². The fraction of sp³-hybridized carbons (Fsp3) is 1.00. The standard InChI is InChI=1S/2C3H7.2BrH.Sn/c2*1-3-2;;;/h2*3H,1-2H3;2*1H;/q;;;;+2/p-2. The first-order valence-electron chi connectivity index (χ1n) is 2.89. The molecule has 0 fully saturated rings. The summed E-state index contributed by atoms with van der Waals surface area (Å²) in [5, 5.41) is 0. The maximum absolute atomic E-state index is 2.34. The van der Waals surface area contributed by atoms with Crippen LogP contribution in [0.4, 0.5) is 0 Å². The summed E-state index contributed by atoms with van der Waals surface area (Å²) in [4.78, 5) is 0. The Kier molecular flexibility index (Phi) is 18.5. The zero-order chi connectivity index (χ0) is 5.86. The maximum Gasteiger partial charge on any atom is -1.00 e. The molecule has 56 valence electrons. The predicted molar refractivity (Wildman–Crippen MR) is 35.9 cm³/mol. The fourth-order valence-corrected chi connectivity index (χ4v) is 4.47. The van der Waals surface area contributed by atoms with Gasteiger partial charge < -0.3 is 34.0 Å². The van der Waals surface area contributed by atoms with Gasteiger partial charge >= 0.3 is 56.7 Å². The van der Waals surface area contributed by atoms with Crippen LogP contribution in [0.1, 0.15) is 27.7 Å². The Morgan fingerprint density at radius 2 is 1.00 bits per heavy atom. The molecule has 0 unspecified atom stereocenters. The monoisotopic (exact) mass is 364 g/mol. The minimum atomic E-state index is 0. The average molecular weight is 365 g/mol. The van der Waals surface area contributed by atoms with E-state index < -0.39 is 0 Å². The van der Waals surface area contributed by atoms with E-state index in [1.54, 1.807) is 0 Å². The summed E-state index contributed by atoms with van der Waals surface area (Å²) >= 11 is 0.0389. The van der Waals surface area contributed by atoms with Crippen molar-refractivity contribution in [3.63, 3.8) is 0 Å². The normalized spacial score (nSPS) is 7.78. The van der Waals surface area contributed by atoms with Crippen molar-refractivity contribution in [1.29, 1.82) is 0 Å². The van der Waals surface area contributed by atoms with Crippen molar-refractivity contribution in [3.05, 3.63) is 0 Å². The summed E-state index contributed by atoms with van der Waals surface area (Å²) in [6, 6.07) is 0. The third-order valence-electron chi connectivity index (χ3n) is 0.667. The summed E-state index contributed by atoms with van der Waals surface area (Å²) < 4.78 is 2.09. The molecule has 0 aromatic heterocycles. The van der Waals surface area contributed by atoms with Crippen LogP contribution in [0.5, 0.6) is 0 Å². The van der Waals surface area contributed by atoms with Gasteiger partial charge in [-0.05, 0) is 0 Å². The van der Waals surface area contributed by atoms with Crippen LogP contribution >= 0.6 is 0 Å². The molecule has 3 heteroatoms. The maximum atomic E-state index is 2.34. The molecule has 0 radical (unpaired) electrons. The zero-order valence-corrected chi connectivity index (χ0v) is 12.4. The van der Waals surface area contributed by atoms with Gasteiger partial charge in [-0.25, -0.2) is 0 Å². The molecule has 0 N–H and O–H groups in total. The Balaban J connectivity index is -0.000000180. The van der Waals surface area contributed by atoms with Gasteiger partial charge in [-0.15, -0.1) is 0 Å². The number of halogens is 2. The van der Waals surface area contributed by atoms with E-state index in [4.69, 9.17) is 0 Å². The molecule has 0 saturated heterocycles. The van der Waals surface area contributed by atoms with Crippen LogP contribution in [0.25, 0.3) is 0 Å². The summed E-state index contributed by atoms with van der Waals surface area (Å²) in [5.41, 5.74) is 0. The summed E-state index contributed by atoms with van der Waals surface area (Å²) in [5.74, 6) is 0. The third kappa shape index (κ3) is 17.7. The van der Waals surface area contributed by atoms with E-state index in [-0.39, 0.29) is 55.1 Å². The number of hydrogen-bond donors (Lipinski definition) is 0. The second kappa shape index (κ2) is 9.76. The average Bonchev–Trinajstić information content (AvgIpc) is 1.27. The van der Waals surface area contributed by atoms with Crippen molar-refractivity contribution in [2.45, 2.75) is 35.6 Å². The van der Waals surface area contributed by atoms with Gasteiger partial charge in [0.2, 0.25) is 0 Å². The fourth-order valence-electron chi connectivity index (χ4n) is 0.667. The smallest absolute Gasteiger partial charge is 1.00 e. The van der Waals surface area contributed by atoms with E-state index >= 15 is 0 Å². The van der Waals surface area contributed by atoms with Crippen molar-refractivity contribution in [3.8, 4) is 0 Å². The molecular weight excluding hydrogens is 351 g/mol. The molecule has 0 aromatic rings. The molecule has 0 saturated carbocycles. The molecule has 0 aromatic carbocycles. The van der Waals surface area contributed by atoms with Gasteiger partial charge in [-0.3, -0.25) is 0 Å². The van der Waals surface area contributed by atoms with Crippen molar-refractivity contribution < 1.29 is 34.0 Å². The first kappa shape index (κ1) is 17.0. The minimum Gasteiger partial charge on any atom is -1.00 e. The second-order valence-corrected chi connectivity index (χ2v) is 10.0. The van der Waals surface area contributed by atoms with Crippen LogP contribution in [-0.4, -0.2) is 21.1 Å². The van der Waals surface area contributed by atoms with Gasteiger partial charge in [0.05, 0.1) is 0 Å². The zero-order valence-electron chi connectivity index (χ0n) is 6.41. The Labute approximate surface area is 89.9 Å². The van der Waals surface area contributed by atoms with E-state index in [2.05, 4.69) is 27.7 Å². The summed E-state index contributed by atoms with van der Waals surface area (Å²) in [6.45, 7) is 9.36. The largest absolute Gasteiger partial charge is 1.00 e. The molecule has 0 aliphatic carbocycles. The first-order chi connectivity index (χ1) is 3.13. The summed E-state index contributed by atoms with van der Waals surface area (Å²) in [7, 11) is 0.